The Labute approximate surface area is 104 Å². The molecule has 0 bridgehead atoms. The molecule has 0 aromatic rings. The van der Waals surface area contributed by atoms with Gasteiger partial charge in [-0.1, -0.05) is 20.8 Å². The monoisotopic (exact) mass is 262 g/mol. The molecule has 1 aliphatic heterocycles. The Morgan fingerprint density at radius 3 is 1.94 bits per heavy atom. The fourth-order valence-electron chi connectivity index (χ4n) is 1.66. The first-order chi connectivity index (χ1) is 7.60. The normalized spacial score (nSPS) is 20.5. The number of hydrogen-bond donors (Lipinski definition) is 0. The maximum absolute atomic E-state index is 11.8. The van der Waals surface area contributed by atoms with Crippen LogP contribution in [0, 0.1) is 5.41 Å². The molecule has 1 aliphatic rings. The summed E-state index contributed by atoms with van der Waals surface area (Å²) in [7, 11) is -3.08. The maximum Gasteiger partial charge on any atom is 0.211 e. The van der Waals surface area contributed by atoms with Crippen molar-refractivity contribution in [2.75, 3.05) is 39.0 Å². The zero-order valence-corrected chi connectivity index (χ0v) is 11.9. The zero-order chi connectivity index (χ0) is 13.3. The van der Waals surface area contributed by atoms with Gasteiger partial charge >= 0.3 is 0 Å². The van der Waals surface area contributed by atoms with Crippen LogP contribution in [-0.2, 0) is 14.8 Å². The second-order valence-electron chi connectivity index (χ2n) is 5.61. The van der Waals surface area contributed by atoms with Gasteiger partial charge in [0.1, 0.15) is 0 Å². The second-order valence-corrected chi connectivity index (χ2v) is 7.59. The molecule has 0 amide bonds. The van der Waals surface area contributed by atoms with Crippen LogP contribution in [0.3, 0.4) is 0 Å². The Morgan fingerprint density at radius 1 is 1.12 bits per heavy atom. The molecule has 17 heavy (non-hydrogen) atoms. The van der Waals surface area contributed by atoms with Crippen LogP contribution in [0.25, 0.3) is 0 Å². The predicted octanol–water partition coefficient (Wildman–Crippen LogP) is 0.179. The molecular weight excluding hydrogens is 240 g/mol. The molecule has 0 atom stereocenters. The molecule has 0 N–H and O–H groups in total. The highest BCUT2D eigenvalue weighted by Gasteiger charge is 2.27. The summed E-state index contributed by atoms with van der Waals surface area (Å²) in [4.78, 5) is 13.9. The highest BCUT2D eigenvalue weighted by Crippen LogP contribution is 2.16. The summed E-state index contributed by atoms with van der Waals surface area (Å²) in [6.45, 7) is 8.36. The Bertz CT molecular complexity index is 376. The van der Waals surface area contributed by atoms with E-state index in [1.165, 1.54) is 10.6 Å². The van der Waals surface area contributed by atoms with Gasteiger partial charge in [-0.25, -0.2) is 8.42 Å². The molecule has 0 aromatic heterocycles. The molecular formula is C11H22N2O3S. The molecule has 5 nitrogen and oxygen atoms in total. The third kappa shape index (κ3) is 4.37. The summed E-state index contributed by atoms with van der Waals surface area (Å²) in [5, 5.41) is 0. The van der Waals surface area contributed by atoms with Crippen LogP contribution in [0.1, 0.15) is 20.8 Å². The Balaban J connectivity index is 2.46. The minimum Gasteiger partial charge on any atom is -0.298 e. The summed E-state index contributed by atoms with van der Waals surface area (Å²) in [5.74, 6) is 0.199. The minimum atomic E-state index is -3.08. The van der Waals surface area contributed by atoms with Crippen molar-refractivity contribution in [1.82, 2.24) is 9.21 Å². The molecule has 1 heterocycles. The van der Waals surface area contributed by atoms with Crippen LogP contribution in [0.5, 0.6) is 0 Å². The Hall–Kier alpha value is -0.460. The lowest BCUT2D eigenvalue weighted by Gasteiger charge is -2.34. The largest absolute Gasteiger partial charge is 0.298 e. The summed E-state index contributed by atoms with van der Waals surface area (Å²) in [6, 6.07) is 0. The number of Topliss-reactive ketones (excluding diaryl/α,β-unsaturated/α-hetero) is 1. The number of sulfonamides is 1. The highest BCUT2D eigenvalue weighted by atomic mass is 32.2. The smallest absolute Gasteiger partial charge is 0.211 e. The van der Waals surface area contributed by atoms with E-state index in [1.807, 2.05) is 25.7 Å². The SMILES string of the molecule is CC(C)(C)C(=O)CN1CCN(S(C)(=O)=O)CC1. The first kappa shape index (κ1) is 14.6. The number of rotatable bonds is 3. The number of carbonyl (C=O) groups excluding carboxylic acids is 1. The molecule has 1 saturated heterocycles. The average molecular weight is 262 g/mol. The van der Waals surface area contributed by atoms with Gasteiger partial charge in [0.15, 0.2) is 5.78 Å². The molecule has 100 valence electrons. The number of hydrogen-bond acceptors (Lipinski definition) is 4. The van der Waals surface area contributed by atoms with Crippen LogP contribution in [0.15, 0.2) is 0 Å². The van der Waals surface area contributed by atoms with Gasteiger partial charge in [-0.15, -0.1) is 0 Å². The highest BCUT2D eigenvalue weighted by molar-refractivity contribution is 7.88. The van der Waals surface area contributed by atoms with Crippen LogP contribution in [0.4, 0.5) is 0 Å². The van der Waals surface area contributed by atoms with E-state index in [4.69, 9.17) is 0 Å². The van der Waals surface area contributed by atoms with E-state index >= 15 is 0 Å². The van der Waals surface area contributed by atoms with Crippen LogP contribution in [-0.4, -0.2) is 62.4 Å². The van der Waals surface area contributed by atoms with Gasteiger partial charge < -0.3 is 0 Å². The quantitative estimate of drug-likeness (QED) is 0.728. The maximum atomic E-state index is 11.8. The summed E-state index contributed by atoms with van der Waals surface area (Å²) in [6.07, 6.45) is 1.23. The first-order valence-corrected chi connectivity index (χ1v) is 7.66. The van der Waals surface area contributed by atoms with Gasteiger partial charge in [0.2, 0.25) is 10.0 Å². The van der Waals surface area contributed by atoms with E-state index < -0.39 is 10.0 Å². The van der Waals surface area contributed by atoms with Crippen molar-refractivity contribution in [3.8, 4) is 0 Å². The first-order valence-electron chi connectivity index (χ1n) is 5.81. The summed E-state index contributed by atoms with van der Waals surface area (Å²) in [5.41, 5.74) is -0.325. The van der Waals surface area contributed by atoms with E-state index in [9.17, 15) is 13.2 Å². The predicted molar refractivity (Wildman–Crippen MR) is 67.3 cm³/mol. The van der Waals surface area contributed by atoms with Crippen molar-refractivity contribution in [2.24, 2.45) is 5.41 Å². The molecule has 0 unspecified atom stereocenters. The van der Waals surface area contributed by atoms with E-state index in [-0.39, 0.29) is 11.2 Å². The standard InChI is InChI=1S/C11H22N2O3S/c1-11(2,3)10(14)9-12-5-7-13(8-6-12)17(4,15)16/h5-9H2,1-4H3. The zero-order valence-electron chi connectivity index (χ0n) is 11.1. The van der Waals surface area contributed by atoms with Gasteiger partial charge in [0.25, 0.3) is 0 Å². The van der Waals surface area contributed by atoms with E-state index in [2.05, 4.69) is 0 Å². The van der Waals surface area contributed by atoms with Crippen molar-refractivity contribution >= 4 is 15.8 Å². The molecule has 0 aromatic carbocycles. The summed E-state index contributed by atoms with van der Waals surface area (Å²) < 4.78 is 24.1. The van der Waals surface area contributed by atoms with Gasteiger partial charge in [0, 0.05) is 31.6 Å². The van der Waals surface area contributed by atoms with Gasteiger partial charge in [-0.2, -0.15) is 4.31 Å². The van der Waals surface area contributed by atoms with Gasteiger partial charge in [-0.05, 0) is 0 Å². The van der Waals surface area contributed by atoms with Gasteiger partial charge in [0.05, 0.1) is 12.8 Å². The molecule has 0 saturated carbocycles. The molecule has 1 fully saturated rings. The van der Waals surface area contributed by atoms with Crippen molar-refractivity contribution in [1.29, 1.82) is 0 Å². The fraction of sp³-hybridized carbons (Fsp3) is 0.909. The summed E-state index contributed by atoms with van der Waals surface area (Å²) >= 11 is 0. The van der Waals surface area contributed by atoms with Crippen LogP contribution >= 0.6 is 0 Å². The van der Waals surface area contributed by atoms with Crippen molar-refractivity contribution in [3.05, 3.63) is 0 Å². The average Bonchev–Trinajstić information content (AvgIpc) is 2.15. The molecule has 0 aliphatic carbocycles. The third-order valence-electron chi connectivity index (χ3n) is 3.00. The number of piperazine rings is 1. The van der Waals surface area contributed by atoms with E-state index in [1.54, 1.807) is 0 Å². The van der Waals surface area contributed by atoms with Crippen molar-refractivity contribution < 1.29 is 13.2 Å². The molecule has 1 rings (SSSR count). The van der Waals surface area contributed by atoms with Gasteiger partial charge in [-0.3, -0.25) is 9.69 Å². The van der Waals surface area contributed by atoms with Crippen molar-refractivity contribution in [3.63, 3.8) is 0 Å². The Kier molecular flexibility index (Phi) is 4.33. The van der Waals surface area contributed by atoms with Crippen LogP contribution < -0.4 is 0 Å². The third-order valence-corrected chi connectivity index (χ3v) is 4.31. The minimum absolute atomic E-state index is 0.199. The topological polar surface area (TPSA) is 57.7 Å². The lowest BCUT2D eigenvalue weighted by atomic mass is 9.90. The lowest BCUT2D eigenvalue weighted by molar-refractivity contribution is -0.127. The molecule has 0 radical (unpaired) electrons. The fourth-order valence-corrected chi connectivity index (χ4v) is 2.49. The number of ketones is 1. The lowest BCUT2D eigenvalue weighted by Crippen LogP contribution is -2.50. The molecule has 0 spiro atoms. The molecule has 6 heteroatoms. The Morgan fingerprint density at radius 2 is 1.59 bits per heavy atom. The number of carbonyl (C=O) groups is 1. The van der Waals surface area contributed by atoms with E-state index in [0.717, 1.165) is 0 Å². The van der Waals surface area contributed by atoms with Crippen LogP contribution in [0.2, 0.25) is 0 Å². The second kappa shape index (κ2) is 5.04. The van der Waals surface area contributed by atoms with E-state index in [0.29, 0.717) is 32.7 Å². The number of nitrogens with zero attached hydrogens (tertiary/aromatic N) is 2. The van der Waals surface area contributed by atoms with Crippen molar-refractivity contribution in [2.45, 2.75) is 20.8 Å².